The summed E-state index contributed by atoms with van der Waals surface area (Å²) in [4.78, 5) is 17.0. The molecule has 0 saturated carbocycles. The molecular weight excluding hydrogens is 344 g/mol. The number of nitrogens with zero attached hydrogens (tertiary/aromatic N) is 2. The van der Waals surface area contributed by atoms with Crippen LogP contribution in [0.1, 0.15) is 17.4 Å². The first kappa shape index (κ1) is 18.3. The number of rotatable bonds is 6. The lowest BCUT2D eigenvalue weighted by Gasteiger charge is -2.20. The lowest BCUT2D eigenvalue weighted by Crippen LogP contribution is -2.34. The van der Waals surface area contributed by atoms with Crippen molar-refractivity contribution in [1.29, 1.82) is 0 Å². The molecule has 0 bridgehead atoms. The Kier molecular flexibility index (Phi) is 5.61. The van der Waals surface area contributed by atoms with E-state index in [0.717, 1.165) is 17.1 Å². The standard InChI is InChI=1S/C20H22N4O3/c1-24-12-11-21-19(24)18(14-7-9-16(26-2)10-8-14)23-20(25)22-15-5-4-6-17(13-15)27-3/h4-13,18H,1-3H3,(H2,22,23,25). The van der Waals surface area contributed by atoms with Gasteiger partial charge in [-0.3, -0.25) is 0 Å². The van der Waals surface area contributed by atoms with Gasteiger partial charge in [-0.25, -0.2) is 9.78 Å². The Morgan fingerprint density at radius 1 is 1.07 bits per heavy atom. The zero-order valence-corrected chi connectivity index (χ0v) is 15.5. The van der Waals surface area contributed by atoms with Crippen molar-refractivity contribution in [3.8, 4) is 11.5 Å². The molecule has 27 heavy (non-hydrogen) atoms. The number of ether oxygens (including phenoxy) is 2. The van der Waals surface area contributed by atoms with Gasteiger partial charge in [-0.1, -0.05) is 18.2 Å². The van der Waals surface area contributed by atoms with Crippen LogP contribution in [0, 0.1) is 0 Å². The number of hydrogen-bond donors (Lipinski definition) is 2. The van der Waals surface area contributed by atoms with Crippen molar-refractivity contribution < 1.29 is 14.3 Å². The first-order valence-corrected chi connectivity index (χ1v) is 8.43. The highest BCUT2D eigenvalue weighted by Gasteiger charge is 2.21. The lowest BCUT2D eigenvalue weighted by atomic mass is 10.1. The van der Waals surface area contributed by atoms with Gasteiger partial charge in [-0.15, -0.1) is 0 Å². The highest BCUT2D eigenvalue weighted by atomic mass is 16.5. The van der Waals surface area contributed by atoms with Gasteiger partial charge in [0.1, 0.15) is 23.4 Å². The molecule has 0 fully saturated rings. The Morgan fingerprint density at radius 3 is 2.44 bits per heavy atom. The zero-order chi connectivity index (χ0) is 19.2. The van der Waals surface area contributed by atoms with Crippen LogP contribution in [0.5, 0.6) is 11.5 Å². The van der Waals surface area contributed by atoms with Crippen LogP contribution in [-0.2, 0) is 7.05 Å². The summed E-state index contributed by atoms with van der Waals surface area (Å²) in [5.41, 5.74) is 1.53. The SMILES string of the molecule is COc1ccc(C(NC(=O)Nc2cccc(OC)c2)c2nccn2C)cc1. The number of methoxy groups -OCH3 is 2. The fourth-order valence-corrected chi connectivity index (χ4v) is 2.75. The van der Waals surface area contributed by atoms with Crippen LogP contribution in [0.4, 0.5) is 10.5 Å². The van der Waals surface area contributed by atoms with E-state index in [9.17, 15) is 4.79 Å². The van der Waals surface area contributed by atoms with E-state index < -0.39 is 6.04 Å². The van der Waals surface area contributed by atoms with Crippen LogP contribution < -0.4 is 20.1 Å². The largest absolute Gasteiger partial charge is 0.497 e. The van der Waals surface area contributed by atoms with Gasteiger partial charge in [0, 0.05) is 31.2 Å². The van der Waals surface area contributed by atoms with Gasteiger partial charge in [-0.2, -0.15) is 0 Å². The molecule has 1 aromatic heterocycles. The molecule has 0 radical (unpaired) electrons. The Labute approximate surface area is 157 Å². The molecule has 3 rings (SSSR count). The number of carbonyl (C=O) groups excluding carboxylic acids is 1. The molecule has 3 aromatic rings. The second-order valence-corrected chi connectivity index (χ2v) is 5.93. The molecule has 1 unspecified atom stereocenters. The fourth-order valence-electron chi connectivity index (χ4n) is 2.75. The van der Waals surface area contributed by atoms with Gasteiger partial charge in [0.2, 0.25) is 0 Å². The molecule has 1 atom stereocenters. The van der Waals surface area contributed by atoms with E-state index in [0.29, 0.717) is 11.4 Å². The number of carbonyl (C=O) groups is 1. The molecule has 0 aliphatic heterocycles. The monoisotopic (exact) mass is 366 g/mol. The van der Waals surface area contributed by atoms with Crippen LogP contribution in [0.25, 0.3) is 0 Å². The average molecular weight is 366 g/mol. The molecule has 7 heteroatoms. The van der Waals surface area contributed by atoms with Crippen LogP contribution in [0.3, 0.4) is 0 Å². The molecule has 2 N–H and O–H groups in total. The summed E-state index contributed by atoms with van der Waals surface area (Å²) in [6.45, 7) is 0. The number of aryl methyl sites for hydroxylation is 1. The number of nitrogens with one attached hydrogen (secondary N) is 2. The third kappa shape index (κ3) is 4.38. The van der Waals surface area contributed by atoms with Gasteiger partial charge in [0.25, 0.3) is 0 Å². The maximum Gasteiger partial charge on any atom is 0.320 e. The minimum absolute atomic E-state index is 0.341. The summed E-state index contributed by atoms with van der Waals surface area (Å²) in [5.74, 6) is 2.14. The van der Waals surface area contributed by atoms with Gasteiger partial charge < -0.3 is 24.7 Å². The smallest absolute Gasteiger partial charge is 0.320 e. The van der Waals surface area contributed by atoms with E-state index in [2.05, 4.69) is 15.6 Å². The number of aromatic nitrogens is 2. The Bertz CT molecular complexity index is 906. The molecule has 7 nitrogen and oxygen atoms in total. The Balaban J connectivity index is 1.82. The summed E-state index contributed by atoms with van der Waals surface area (Å²) < 4.78 is 12.3. The van der Waals surface area contributed by atoms with Crippen molar-refractivity contribution in [2.45, 2.75) is 6.04 Å². The summed E-state index contributed by atoms with van der Waals surface area (Å²) in [7, 11) is 5.09. The highest BCUT2D eigenvalue weighted by molar-refractivity contribution is 5.90. The maximum absolute atomic E-state index is 12.6. The second kappa shape index (κ2) is 8.27. The van der Waals surface area contributed by atoms with Crippen LogP contribution in [-0.4, -0.2) is 29.8 Å². The number of anilines is 1. The average Bonchev–Trinajstić information content (AvgIpc) is 3.12. The first-order chi connectivity index (χ1) is 13.1. The summed E-state index contributed by atoms with van der Waals surface area (Å²) in [6, 6.07) is 13.9. The van der Waals surface area contributed by atoms with Gasteiger partial charge >= 0.3 is 6.03 Å². The Morgan fingerprint density at radius 2 is 1.81 bits per heavy atom. The third-order valence-electron chi connectivity index (χ3n) is 4.17. The van der Waals surface area contributed by atoms with Crippen molar-refractivity contribution in [1.82, 2.24) is 14.9 Å². The van der Waals surface area contributed by atoms with E-state index in [1.807, 2.05) is 54.2 Å². The molecule has 0 aliphatic carbocycles. The van der Waals surface area contributed by atoms with Crippen LogP contribution >= 0.6 is 0 Å². The zero-order valence-electron chi connectivity index (χ0n) is 15.5. The first-order valence-electron chi connectivity index (χ1n) is 8.43. The maximum atomic E-state index is 12.6. The summed E-state index contributed by atoms with van der Waals surface area (Å²) >= 11 is 0. The van der Waals surface area contributed by atoms with Crippen LogP contribution in [0.2, 0.25) is 0 Å². The quantitative estimate of drug-likeness (QED) is 0.701. The molecule has 0 saturated heterocycles. The number of amides is 2. The van der Waals surface area contributed by atoms with Crippen molar-refractivity contribution >= 4 is 11.7 Å². The molecule has 140 valence electrons. The van der Waals surface area contributed by atoms with E-state index in [1.165, 1.54) is 0 Å². The molecule has 2 aromatic carbocycles. The van der Waals surface area contributed by atoms with Crippen LogP contribution in [0.15, 0.2) is 60.9 Å². The fraction of sp³-hybridized carbons (Fsp3) is 0.200. The van der Waals surface area contributed by atoms with Gasteiger partial charge in [0.15, 0.2) is 0 Å². The number of imidazole rings is 1. The minimum Gasteiger partial charge on any atom is -0.497 e. The topological polar surface area (TPSA) is 77.4 Å². The van der Waals surface area contributed by atoms with E-state index >= 15 is 0 Å². The summed E-state index contributed by atoms with van der Waals surface area (Å²) in [6.07, 6.45) is 3.54. The molecule has 1 heterocycles. The molecule has 2 amide bonds. The van der Waals surface area contributed by atoms with Gasteiger partial charge in [0.05, 0.1) is 14.2 Å². The molecule has 0 spiro atoms. The van der Waals surface area contributed by atoms with Crippen molar-refractivity contribution in [3.63, 3.8) is 0 Å². The van der Waals surface area contributed by atoms with Crippen molar-refractivity contribution in [2.24, 2.45) is 7.05 Å². The number of urea groups is 1. The van der Waals surface area contributed by atoms with E-state index in [-0.39, 0.29) is 6.03 Å². The lowest BCUT2D eigenvalue weighted by molar-refractivity contribution is 0.249. The summed E-state index contributed by atoms with van der Waals surface area (Å²) in [5, 5.41) is 5.81. The molecular formula is C20H22N4O3. The second-order valence-electron chi connectivity index (χ2n) is 5.93. The van der Waals surface area contributed by atoms with Gasteiger partial charge in [-0.05, 0) is 29.8 Å². The highest BCUT2D eigenvalue weighted by Crippen LogP contribution is 2.23. The predicted octanol–water partition coefficient (Wildman–Crippen LogP) is 3.35. The number of benzene rings is 2. The normalized spacial score (nSPS) is 11.5. The Hall–Kier alpha value is -3.48. The predicted molar refractivity (Wildman–Crippen MR) is 103 cm³/mol. The van der Waals surface area contributed by atoms with E-state index in [4.69, 9.17) is 9.47 Å². The van der Waals surface area contributed by atoms with Crippen molar-refractivity contribution in [2.75, 3.05) is 19.5 Å². The molecule has 0 aliphatic rings. The minimum atomic E-state index is -0.415. The number of hydrogen-bond acceptors (Lipinski definition) is 4. The van der Waals surface area contributed by atoms with E-state index in [1.54, 1.807) is 32.5 Å². The third-order valence-corrected chi connectivity index (χ3v) is 4.17. The van der Waals surface area contributed by atoms with Crippen molar-refractivity contribution in [3.05, 3.63) is 72.3 Å².